The number of hydrogen-bond acceptors (Lipinski definition) is 1. The summed E-state index contributed by atoms with van der Waals surface area (Å²) in [7, 11) is 0. The van der Waals surface area contributed by atoms with Crippen LogP contribution in [0.5, 0.6) is 0 Å². The van der Waals surface area contributed by atoms with Crippen molar-refractivity contribution < 1.29 is 5.11 Å². The first-order valence-corrected chi connectivity index (χ1v) is 7.73. The highest BCUT2D eigenvalue weighted by atomic mass is 16.3. The van der Waals surface area contributed by atoms with E-state index in [1.807, 2.05) is 0 Å². The van der Waals surface area contributed by atoms with Crippen molar-refractivity contribution in [3.63, 3.8) is 0 Å². The minimum absolute atomic E-state index is 0.480. The van der Waals surface area contributed by atoms with Crippen LogP contribution in [0.4, 0.5) is 0 Å². The monoisotopic (exact) mass is 264 g/mol. The van der Waals surface area contributed by atoms with Gasteiger partial charge in [0.05, 0.1) is 0 Å². The lowest BCUT2D eigenvalue weighted by molar-refractivity contribution is 0.220. The van der Waals surface area contributed by atoms with Gasteiger partial charge in [0.25, 0.3) is 0 Å². The molecule has 2 aliphatic rings. The Bertz CT molecular complexity index is 599. The Hall–Kier alpha value is -1.60. The average Bonchev–Trinajstić information content (AvgIpc) is 3.13. The van der Waals surface area contributed by atoms with Crippen LogP contribution in [0.2, 0.25) is 0 Å². The molecule has 0 fully saturated rings. The van der Waals surface area contributed by atoms with Crippen LogP contribution in [-0.4, -0.2) is 5.11 Å². The van der Waals surface area contributed by atoms with Crippen LogP contribution in [0.25, 0.3) is 0 Å². The summed E-state index contributed by atoms with van der Waals surface area (Å²) in [6, 6.07) is 13.0. The van der Waals surface area contributed by atoms with Crippen LogP contribution >= 0.6 is 0 Å². The average molecular weight is 264 g/mol. The number of aliphatic hydroxyl groups is 1. The molecule has 0 aromatic heterocycles. The Balaban J connectivity index is 1.68. The number of hydrogen-bond donors (Lipinski definition) is 1. The third kappa shape index (κ3) is 1.97. The Morgan fingerprint density at radius 2 is 1.10 bits per heavy atom. The van der Waals surface area contributed by atoms with E-state index < -0.39 is 6.10 Å². The van der Waals surface area contributed by atoms with Gasteiger partial charge in [0, 0.05) is 0 Å². The van der Waals surface area contributed by atoms with E-state index in [1.165, 1.54) is 60.8 Å². The fraction of sp³-hybridized carbons (Fsp3) is 0.368. The minimum atomic E-state index is -0.480. The van der Waals surface area contributed by atoms with Crippen LogP contribution < -0.4 is 0 Å². The number of rotatable bonds is 2. The third-order valence-corrected chi connectivity index (χ3v) is 4.88. The van der Waals surface area contributed by atoms with Crippen molar-refractivity contribution in [2.75, 3.05) is 0 Å². The maximum absolute atomic E-state index is 10.7. The zero-order valence-electron chi connectivity index (χ0n) is 11.7. The summed E-state index contributed by atoms with van der Waals surface area (Å²) in [5.74, 6) is 0. The molecule has 2 aromatic rings. The summed E-state index contributed by atoms with van der Waals surface area (Å²) in [5.41, 5.74) is 7.89. The smallest absolute Gasteiger partial charge is 0.104 e. The van der Waals surface area contributed by atoms with E-state index in [2.05, 4.69) is 36.4 Å². The zero-order chi connectivity index (χ0) is 13.5. The molecule has 4 rings (SSSR count). The van der Waals surface area contributed by atoms with Crippen molar-refractivity contribution in [1.29, 1.82) is 0 Å². The molecule has 20 heavy (non-hydrogen) atoms. The number of aryl methyl sites for hydroxylation is 4. The van der Waals surface area contributed by atoms with E-state index in [0.717, 1.165) is 11.1 Å². The molecule has 1 nitrogen and oxygen atoms in total. The van der Waals surface area contributed by atoms with E-state index in [0.29, 0.717) is 0 Å². The van der Waals surface area contributed by atoms with E-state index in [-0.39, 0.29) is 0 Å². The molecule has 102 valence electrons. The predicted molar refractivity (Wildman–Crippen MR) is 81.0 cm³/mol. The van der Waals surface area contributed by atoms with Crippen LogP contribution in [0.15, 0.2) is 36.4 Å². The molecule has 1 heteroatoms. The van der Waals surface area contributed by atoms with E-state index in [1.54, 1.807) is 0 Å². The fourth-order valence-electron chi connectivity index (χ4n) is 3.72. The molecule has 0 heterocycles. The summed E-state index contributed by atoms with van der Waals surface area (Å²) in [6.45, 7) is 0. The quantitative estimate of drug-likeness (QED) is 0.876. The second-order valence-corrected chi connectivity index (χ2v) is 6.17. The minimum Gasteiger partial charge on any atom is -0.384 e. The maximum atomic E-state index is 10.7. The zero-order valence-corrected chi connectivity index (χ0v) is 11.7. The standard InChI is InChI=1S/C19H20O/c20-19(17-9-7-13-3-1-5-15(13)11-17)18-10-8-14-4-2-6-16(14)12-18/h7-12,19-20H,1-6H2. The molecule has 0 spiro atoms. The normalized spacial score (nSPS) is 16.5. The summed E-state index contributed by atoms with van der Waals surface area (Å²) in [5, 5.41) is 10.7. The lowest BCUT2D eigenvalue weighted by Crippen LogP contribution is -2.01. The molecular weight excluding hydrogens is 244 g/mol. The van der Waals surface area contributed by atoms with Gasteiger partial charge >= 0.3 is 0 Å². The molecule has 2 aliphatic carbocycles. The van der Waals surface area contributed by atoms with Gasteiger partial charge in [-0.3, -0.25) is 0 Å². The van der Waals surface area contributed by atoms with Gasteiger partial charge in [-0.2, -0.15) is 0 Å². The highest BCUT2D eigenvalue weighted by molar-refractivity contribution is 5.42. The third-order valence-electron chi connectivity index (χ3n) is 4.88. The molecule has 1 N–H and O–H groups in total. The van der Waals surface area contributed by atoms with Crippen molar-refractivity contribution in [2.24, 2.45) is 0 Å². The number of fused-ring (bicyclic) bond motifs is 2. The lowest BCUT2D eigenvalue weighted by Gasteiger charge is -2.14. The van der Waals surface area contributed by atoms with Gasteiger partial charge in [0.15, 0.2) is 0 Å². The number of aliphatic hydroxyl groups excluding tert-OH is 1. The highest BCUT2D eigenvalue weighted by Gasteiger charge is 2.18. The summed E-state index contributed by atoms with van der Waals surface area (Å²) >= 11 is 0. The van der Waals surface area contributed by atoms with Crippen molar-refractivity contribution >= 4 is 0 Å². The molecule has 0 amide bonds. The second kappa shape index (κ2) is 4.75. The van der Waals surface area contributed by atoms with Crippen LogP contribution in [0.1, 0.15) is 52.3 Å². The van der Waals surface area contributed by atoms with Crippen LogP contribution in [0, 0.1) is 0 Å². The van der Waals surface area contributed by atoms with E-state index >= 15 is 0 Å². The van der Waals surface area contributed by atoms with Gasteiger partial charge in [-0.15, -0.1) is 0 Å². The summed E-state index contributed by atoms with van der Waals surface area (Å²) < 4.78 is 0. The molecule has 0 saturated heterocycles. The SMILES string of the molecule is OC(c1ccc2c(c1)CCC2)c1ccc2c(c1)CCC2. The fourth-order valence-corrected chi connectivity index (χ4v) is 3.72. The molecule has 0 radical (unpaired) electrons. The predicted octanol–water partition coefficient (Wildman–Crippen LogP) is 3.75. The molecule has 0 bridgehead atoms. The van der Waals surface area contributed by atoms with Gasteiger partial charge in [0.1, 0.15) is 6.10 Å². The Morgan fingerprint density at radius 3 is 1.60 bits per heavy atom. The van der Waals surface area contributed by atoms with Gasteiger partial charge in [-0.05, 0) is 71.9 Å². The molecule has 2 aromatic carbocycles. The van der Waals surface area contributed by atoms with Crippen molar-refractivity contribution in [3.05, 3.63) is 69.8 Å². The molecule has 0 unspecified atom stereocenters. The highest BCUT2D eigenvalue weighted by Crippen LogP contribution is 2.31. The molecule has 0 aliphatic heterocycles. The number of benzene rings is 2. The first-order valence-electron chi connectivity index (χ1n) is 7.73. The van der Waals surface area contributed by atoms with Gasteiger partial charge in [0.2, 0.25) is 0 Å². The van der Waals surface area contributed by atoms with E-state index in [4.69, 9.17) is 0 Å². The Kier molecular flexibility index (Phi) is 2.89. The summed E-state index contributed by atoms with van der Waals surface area (Å²) in [6.07, 6.45) is 6.77. The van der Waals surface area contributed by atoms with Crippen molar-refractivity contribution in [1.82, 2.24) is 0 Å². The van der Waals surface area contributed by atoms with Crippen molar-refractivity contribution in [3.8, 4) is 0 Å². The first-order chi connectivity index (χ1) is 9.81. The lowest BCUT2D eigenvalue weighted by atomic mass is 9.96. The van der Waals surface area contributed by atoms with Gasteiger partial charge in [-0.25, -0.2) is 0 Å². The van der Waals surface area contributed by atoms with Gasteiger partial charge in [-0.1, -0.05) is 36.4 Å². The van der Waals surface area contributed by atoms with E-state index in [9.17, 15) is 5.11 Å². The molecular formula is C19H20O. The Morgan fingerprint density at radius 1 is 0.650 bits per heavy atom. The summed E-state index contributed by atoms with van der Waals surface area (Å²) in [4.78, 5) is 0. The van der Waals surface area contributed by atoms with Crippen molar-refractivity contribution in [2.45, 2.75) is 44.6 Å². The Labute approximate surface area is 120 Å². The largest absolute Gasteiger partial charge is 0.384 e. The van der Waals surface area contributed by atoms with Gasteiger partial charge < -0.3 is 5.11 Å². The molecule has 0 atom stereocenters. The molecule has 0 saturated carbocycles. The maximum Gasteiger partial charge on any atom is 0.104 e. The second-order valence-electron chi connectivity index (χ2n) is 6.17. The first kappa shape index (κ1) is 12.2. The topological polar surface area (TPSA) is 20.2 Å². The van der Waals surface area contributed by atoms with Crippen LogP contribution in [0.3, 0.4) is 0 Å². The van der Waals surface area contributed by atoms with Crippen LogP contribution in [-0.2, 0) is 25.7 Å².